The summed E-state index contributed by atoms with van der Waals surface area (Å²) >= 11 is 0. The van der Waals surface area contributed by atoms with E-state index in [2.05, 4.69) is 21.1 Å². The molecule has 0 saturated heterocycles. The van der Waals surface area contributed by atoms with Crippen molar-refractivity contribution >= 4 is 16.4 Å². The summed E-state index contributed by atoms with van der Waals surface area (Å²) < 4.78 is 34.0. The fraction of sp³-hybridized carbons (Fsp3) is 0.857. The van der Waals surface area contributed by atoms with Gasteiger partial charge >= 0.3 is 5.96 Å². The van der Waals surface area contributed by atoms with E-state index in [1.165, 1.54) is 0 Å². The van der Waals surface area contributed by atoms with E-state index in [1.54, 1.807) is 0 Å². The molecule has 0 aliphatic heterocycles. The predicted octanol–water partition coefficient (Wildman–Crippen LogP) is -3.18. The first kappa shape index (κ1) is 17.5. The van der Waals surface area contributed by atoms with Crippen molar-refractivity contribution in [3.63, 3.8) is 0 Å². The smallest absolute Gasteiger partial charge is 0.336 e. The van der Waals surface area contributed by atoms with E-state index < -0.39 is 10.4 Å². The maximum Gasteiger partial charge on any atom is 0.336 e. The molecule has 0 radical (unpaired) electrons. The van der Waals surface area contributed by atoms with Crippen LogP contribution in [-0.2, 0) is 14.6 Å². The van der Waals surface area contributed by atoms with Crippen LogP contribution in [0.5, 0.6) is 0 Å². The second-order valence-corrected chi connectivity index (χ2v) is 3.81. The molecule has 0 bridgehead atoms. The van der Waals surface area contributed by atoms with E-state index in [1.807, 2.05) is 18.7 Å². The number of likely N-dealkylation sites (N-methyl/N-ethyl adjacent to an activating group) is 1. The number of guanidine groups is 1. The molecule has 9 heteroatoms. The molecule has 0 aromatic heterocycles. The zero-order chi connectivity index (χ0) is 13.2. The summed E-state index contributed by atoms with van der Waals surface area (Å²) in [5, 5.41) is 4.58. The minimum Gasteiger partial charge on any atom is -0.726 e. The molecule has 0 atom stereocenters. The summed E-state index contributed by atoms with van der Waals surface area (Å²) in [4.78, 5) is 1.96. The summed E-state index contributed by atoms with van der Waals surface area (Å²) in [7, 11) is -4.51. The molecule has 0 aliphatic carbocycles. The van der Waals surface area contributed by atoms with Crippen LogP contribution < -0.4 is 16.9 Å². The van der Waals surface area contributed by atoms with Gasteiger partial charge in [-0.05, 0) is 13.1 Å². The van der Waals surface area contributed by atoms with Crippen molar-refractivity contribution in [2.75, 3.05) is 26.2 Å². The Balaban J connectivity index is 0. The van der Waals surface area contributed by atoms with Crippen LogP contribution in [0.3, 0.4) is 0 Å². The summed E-state index contributed by atoms with van der Waals surface area (Å²) in [6.07, 6.45) is 0. The zero-order valence-electron chi connectivity index (χ0n) is 9.55. The van der Waals surface area contributed by atoms with Crippen molar-refractivity contribution in [3.8, 4) is 0 Å². The first-order valence-electron chi connectivity index (χ1n) is 4.68. The predicted molar refractivity (Wildman–Crippen MR) is 58.7 cm³/mol. The molecule has 0 aliphatic rings. The second kappa shape index (κ2) is 9.33. The van der Waals surface area contributed by atoms with E-state index in [9.17, 15) is 13.0 Å². The molecular formula is C7H20N4O4S. The van der Waals surface area contributed by atoms with E-state index in [0.717, 1.165) is 13.1 Å². The van der Waals surface area contributed by atoms with Gasteiger partial charge in [-0.2, -0.15) is 0 Å². The molecule has 0 unspecified atom stereocenters. The fourth-order valence-corrected chi connectivity index (χ4v) is 1.09. The first-order chi connectivity index (χ1) is 7.22. The van der Waals surface area contributed by atoms with Gasteiger partial charge in [0.2, 0.25) is 10.4 Å². The van der Waals surface area contributed by atoms with Gasteiger partial charge in [0.05, 0.1) is 6.61 Å². The Kier molecular flexibility index (Phi) is 10.2. The second-order valence-electron chi connectivity index (χ2n) is 2.76. The molecule has 6 N–H and O–H groups in total. The van der Waals surface area contributed by atoms with E-state index in [4.69, 9.17) is 0 Å². The number of nitrogens with zero attached hydrogens (tertiary/aromatic N) is 1. The van der Waals surface area contributed by atoms with Crippen LogP contribution in [0, 0.1) is 0 Å². The lowest BCUT2D eigenvalue weighted by Gasteiger charge is -2.17. The highest BCUT2D eigenvalue weighted by atomic mass is 32.3. The van der Waals surface area contributed by atoms with Crippen LogP contribution >= 0.6 is 0 Å². The van der Waals surface area contributed by atoms with Gasteiger partial charge in [0.15, 0.2) is 0 Å². The standard InChI is InChI=1S/C6H15NO4S.CH5N3/c1-3-7(4-2)5-6-11-12(8,9)10;2-1(3)4/h3-6H2,1-2H3,(H,8,9,10);(H5,2,3,4). The minimum absolute atomic E-state index is 0.0620. The Morgan fingerprint density at radius 1 is 1.38 bits per heavy atom. The molecule has 0 spiro atoms. The van der Waals surface area contributed by atoms with Crippen molar-refractivity contribution in [3.05, 3.63) is 0 Å². The maximum absolute atomic E-state index is 9.99. The normalized spacial score (nSPS) is 10.8. The van der Waals surface area contributed by atoms with Gasteiger partial charge in [-0.1, -0.05) is 13.8 Å². The molecule has 0 aromatic rings. The SMILES string of the molecule is CCN(CC)CCOS(=O)(=O)[O-].NC(N)=[NH2+]. The van der Waals surface area contributed by atoms with Crippen molar-refractivity contribution in [2.45, 2.75) is 13.8 Å². The molecule has 98 valence electrons. The zero-order valence-corrected chi connectivity index (χ0v) is 10.4. The lowest BCUT2D eigenvalue weighted by Crippen LogP contribution is -2.51. The average Bonchev–Trinajstić information content (AvgIpc) is 2.10. The number of nitrogens with two attached hydrogens (primary N) is 3. The van der Waals surface area contributed by atoms with Crippen molar-refractivity contribution in [1.29, 1.82) is 0 Å². The lowest BCUT2D eigenvalue weighted by molar-refractivity contribution is -0.116. The summed E-state index contributed by atoms with van der Waals surface area (Å²) in [6, 6.07) is 0. The van der Waals surface area contributed by atoms with Gasteiger partial charge in [-0.15, -0.1) is 0 Å². The van der Waals surface area contributed by atoms with E-state index in [-0.39, 0.29) is 12.6 Å². The molecule has 0 fully saturated rings. The van der Waals surface area contributed by atoms with Crippen LogP contribution in [0.4, 0.5) is 0 Å². The Morgan fingerprint density at radius 2 is 1.75 bits per heavy atom. The average molecular weight is 256 g/mol. The molecular weight excluding hydrogens is 236 g/mol. The highest BCUT2D eigenvalue weighted by Crippen LogP contribution is 1.90. The Hall–Kier alpha value is -0.900. The lowest BCUT2D eigenvalue weighted by atomic mass is 10.5. The van der Waals surface area contributed by atoms with Crippen LogP contribution in [0.1, 0.15) is 13.8 Å². The van der Waals surface area contributed by atoms with E-state index >= 15 is 0 Å². The van der Waals surface area contributed by atoms with Crippen LogP contribution in [0.15, 0.2) is 0 Å². The van der Waals surface area contributed by atoms with Crippen LogP contribution in [0.25, 0.3) is 0 Å². The topological polar surface area (TPSA) is 147 Å². The Morgan fingerprint density at radius 3 is 2.00 bits per heavy atom. The van der Waals surface area contributed by atoms with Crippen molar-refractivity contribution in [2.24, 2.45) is 11.5 Å². The van der Waals surface area contributed by atoms with Gasteiger partial charge < -0.3 is 9.45 Å². The quantitative estimate of drug-likeness (QED) is 0.196. The monoisotopic (exact) mass is 256 g/mol. The number of hydrogen-bond donors (Lipinski definition) is 3. The van der Waals surface area contributed by atoms with Gasteiger partial charge in [-0.25, -0.2) is 8.42 Å². The van der Waals surface area contributed by atoms with Crippen molar-refractivity contribution < 1.29 is 22.6 Å². The molecule has 8 nitrogen and oxygen atoms in total. The third-order valence-electron chi connectivity index (χ3n) is 1.53. The highest BCUT2D eigenvalue weighted by Gasteiger charge is 1.99. The first-order valence-corrected chi connectivity index (χ1v) is 6.02. The highest BCUT2D eigenvalue weighted by molar-refractivity contribution is 7.80. The van der Waals surface area contributed by atoms with Gasteiger partial charge in [-0.3, -0.25) is 21.1 Å². The van der Waals surface area contributed by atoms with Gasteiger partial charge in [0.25, 0.3) is 0 Å². The van der Waals surface area contributed by atoms with Gasteiger partial charge in [0, 0.05) is 6.54 Å². The molecule has 0 amide bonds. The third kappa shape index (κ3) is 18.8. The Bertz CT molecular complexity index is 272. The summed E-state index contributed by atoms with van der Waals surface area (Å²) in [6.45, 7) is 5.95. The summed E-state index contributed by atoms with van der Waals surface area (Å²) in [5.74, 6) is -0.0833. The van der Waals surface area contributed by atoms with Gasteiger partial charge in [0.1, 0.15) is 0 Å². The van der Waals surface area contributed by atoms with Crippen LogP contribution in [-0.4, -0.2) is 50.1 Å². The minimum atomic E-state index is -4.51. The maximum atomic E-state index is 9.99. The third-order valence-corrected chi connectivity index (χ3v) is 1.98. The largest absolute Gasteiger partial charge is 0.726 e. The molecule has 16 heavy (non-hydrogen) atoms. The molecule has 0 aromatic carbocycles. The molecule has 0 saturated carbocycles. The molecule has 0 rings (SSSR count). The summed E-state index contributed by atoms with van der Waals surface area (Å²) in [5.41, 5.74) is 9.17. The van der Waals surface area contributed by atoms with Crippen LogP contribution in [0.2, 0.25) is 0 Å². The van der Waals surface area contributed by atoms with E-state index in [0.29, 0.717) is 6.54 Å². The number of rotatable bonds is 6. The fourth-order valence-electron chi connectivity index (χ4n) is 0.808. The molecule has 0 heterocycles. The number of hydrogen-bond acceptors (Lipinski definition) is 5. The Labute approximate surface area is 96.0 Å². The van der Waals surface area contributed by atoms with Crippen molar-refractivity contribution in [1.82, 2.24) is 4.90 Å².